The van der Waals surface area contributed by atoms with E-state index in [9.17, 15) is 4.79 Å². The minimum atomic E-state index is -0.362. The summed E-state index contributed by atoms with van der Waals surface area (Å²) in [6.45, 7) is 8.18. The molecule has 0 spiro atoms. The van der Waals surface area contributed by atoms with Crippen LogP contribution in [0.2, 0.25) is 0 Å². The van der Waals surface area contributed by atoms with Crippen LogP contribution in [0, 0.1) is 17.3 Å². The van der Waals surface area contributed by atoms with Gasteiger partial charge in [0.1, 0.15) is 12.9 Å². The highest BCUT2D eigenvalue weighted by molar-refractivity contribution is 5.81. The van der Waals surface area contributed by atoms with Gasteiger partial charge in [-0.05, 0) is 61.3 Å². The van der Waals surface area contributed by atoms with Crippen molar-refractivity contribution in [1.29, 1.82) is 0 Å². The summed E-state index contributed by atoms with van der Waals surface area (Å²) >= 11 is 0. The van der Waals surface area contributed by atoms with E-state index in [0.717, 1.165) is 38.5 Å². The maximum Gasteiger partial charge on any atom is 0.250 e. The van der Waals surface area contributed by atoms with Crippen LogP contribution in [0.15, 0.2) is 30.3 Å². The van der Waals surface area contributed by atoms with Crippen LogP contribution in [0.3, 0.4) is 0 Å². The Morgan fingerprint density at radius 2 is 2.03 bits per heavy atom. The van der Waals surface area contributed by atoms with Gasteiger partial charge in [0, 0.05) is 32.8 Å². The Morgan fingerprint density at radius 1 is 1.25 bits per heavy atom. The first-order valence-corrected chi connectivity index (χ1v) is 12.1. The third-order valence-corrected chi connectivity index (χ3v) is 7.73. The lowest BCUT2D eigenvalue weighted by atomic mass is 9.58. The van der Waals surface area contributed by atoms with Crippen LogP contribution in [-0.2, 0) is 25.6 Å². The molecule has 6 nitrogen and oxygen atoms in total. The molecule has 178 valence electrons. The average Bonchev–Trinajstić information content (AvgIpc) is 2.83. The molecule has 1 heterocycles. The normalized spacial score (nSPS) is 32.4. The number of fused-ring (bicyclic) bond motifs is 2. The van der Waals surface area contributed by atoms with Gasteiger partial charge in [-0.2, -0.15) is 0 Å². The van der Waals surface area contributed by atoms with Gasteiger partial charge in [-0.1, -0.05) is 37.3 Å². The van der Waals surface area contributed by atoms with Crippen molar-refractivity contribution in [2.75, 3.05) is 33.4 Å². The zero-order valence-corrected chi connectivity index (χ0v) is 19.8. The summed E-state index contributed by atoms with van der Waals surface area (Å²) in [5, 5.41) is 3.40. The van der Waals surface area contributed by atoms with E-state index in [1.807, 2.05) is 20.0 Å². The Labute approximate surface area is 193 Å². The standard InChI is InChI=1S/C25H38N2O3.CH2O/c1-3-25(18-29-2)14-20-9-10-22(21(13-20)15-25)26-24(28)23-17-27(11-12-30-23)16-19-7-5-4-6-8-19;1-2/h4-8,20-23H,3,9-18H2,1-2H3,(H,26,28);1H2/t20?,21?,22?,23?,25-;/m1./s1. The van der Waals surface area contributed by atoms with Gasteiger partial charge in [0.2, 0.25) is 0 Å². The van der Waals surface area contributed by atoms with Crippen molar-refractivity contribution in [1.82, 2.24) is 10.2 Å². The molecule has 1 N–H and O–H groups in total. The van der Waals surface area contributed by atoms with Gasteiger partial charge in [-0.15, -0.1) is 0 Å². The largest absolute Gasteiger partial charge is 0.384 e. The van der Waals surface area contributed by atoms with E-state index in [2.05, 4.69) is 41.4 Å². The molecule has 2 bridgehead atoms. The van der Waals surface area contributed by atoms with Crippen LogP contribution in [0.4, 0.5) is 0 Å². The molecule has 6 heteroatoms. The average molecular weight is 445 g/mol. The second-order valence-corrected chi connectivity index (χ2v) is 9.83. The minimum Gasteiger partial charge on any atom is -0.384 e. The highest BCUT2D eigenvalue weighted by atomic mass is 16.5. The maximum absolute atomic E-state index is 13.1. The molecule has 5 atom stereocenters. The summed E-state index contributed by atoms with van der Waals surface area (Å²) in [7, 11) is 1.82. The molecule has 3 fully saturated rings. The van der Waals surface area contributed by atoms with Crippen LogP contribution < -0.4 is 5.32 Å². The maximum atomic E-state index is 13.1. The number of ether oxygens (including phenoxy) is 2. The molecular formula is C26H40N2O4. The van der Waals surface area contributed by atoms with Crippen molar-refractivity contribution in [2.24, 2.45) is 17.3 Å². The molecule has 3 aliphatic rings. The zero-order chi connectivity index (χ0) is 23.0. The number of rotatable bonds is 7. The number of carbonyl (C=O) groups excluding carboxylic acids is 2. The Bertz CT molecular complexity index is 715. The van der Waals surface area contributed by atoms with Crippen LogP contribution in [-0.4, -0.2) is 63.2 Å². The predicted molar refractivity (Wildman–Crippen MR) is 125 cm³/mol. The molecule has 2 aliphatic carbocycles. The first-order chi connectivity index (χ1) is 15.6. The summed E-state index contributed by atoms with van der Waals surface area (Å²) in [5.74, 6) is 1.44. The lowest BCUT2D eigenvalue weighted by molar-refractivity contribution is -0.141. The van der Waals surface area contributed by atoms with Crippen LogP contribution in [0.1, 0.15) is 51.0 Å². The van der Waals surface area contributed by atoms with Crippen LogP contribution >= 0.6 is 0 Å². The van der Waals surface area contributed by atoms with Crippen molar-refractivity contribution in [3.05, 3.63) is 35.9 Å². The van der Waals surface area contributed by atoms with Gasteiger partial charge < -0.3 is 19.6 Å². The number of carbonyl (C=O) groups is 2. The molecule has 1 saturated heterocycles. The van der Waals surface area contributed by atoms with Gasteiger partial charge in [-0.25, -0.2) is 0 Å². The quantitative estimate of drug-likeness (QED) is 0.698. The molecule has 0 radical (unpaired) electrons. The van der Waals surface area contributed by atoms with Crippen LogP contribution in [0.25, 0.3) is 0 Å². The second-order valence-electron chi connectivity index (χ2n) is 9.83. The zero-order valence-electron chi connectivity index (χ0n) is 19.8. The fourth-order valence-electron chi connectivity index (χ4n) is 6.15. The molecule has 4 unspecified atom stereocenters. The first-order valence-electron chi connectivity index (χ1n) is 12.1. The minimum absolute atomic E-state index is 0.0793. The van der Waals surface area contributed by atoms with E-state index in [-0.39, 0.29) is 18.1 Å². The van der Waals surface area contributed by atoms with Gasteiger partial charge in [0.25, 0.3) is 5.91 Å². The predicted octanol–water partition coefficient (Wildman–Crippen LogP) is 3.44. The number of methoxy groups -OCH3 is 1. The fraction of sp³-hybridized carbons (Fsp3) is 0.692. The lowest BCUT2D eigenvalue weighted by Gasteiger charge is -2.50. The van der Waals surface area contributed by atoms with E-state index >= 15 is 0 Å². The number of nitrogens with zero attached hydrogens (tertiary/aromatic N) is 1. The number of morpholine rings is 1. The Morgan fingerprint density at radius 3 is 2.75 bits per heavy atom. The number of hydrogen-bond acceptors (Lipinski definition) is 5. The molecule has 1 aromatic rings. The summed E-state index contributed by atoms with van der Waals surface area (Å²) in [6, 6.07) is 10.8. The second kappa shape index (κ2) is 11.9. The van der Waals surface area contributed by atoms with E-state index in [1.54, 1.807) is 0 Å². The van der Waals surface area contributed by atoms with Crippen molar-refractivity contribution < 1.29 is 19.1 Å². The Kier molecular flexibility index (Phi) is 9.26. The number of nitrogens with one attached hydrogen (secondary N) is 1. The number of benzene rings is 1. The topological polar surface area (TPSA) is 67.9 Å². The highest BCUT2D eigenvalue weighted by Crippen LogP contribution is 2.50. The Hall–Kier alpha value is -1.76. The van der Waals surface area contributed by atoms with Crippen molar-refractivity contribution in [2.45, 2.75) is 64.1 Å². The van der Waals surface area contributed by atoms with E-state index in [1.165, 1.54) is 31.2 Å². The van der Waals surface area contributed by atoms with Crippen molar-refractivity contribution >= 4 is 12.7 Å². The van der Waals surface area contributed by atoms with Gasteiger partial charge in [0.05, 0.1) is 13.2 Å². The van der Waals surface area contributed by atoms with Crippen molar-refractivity contribution in [3.8, 4) is 0 Å². The van der Waals surface area contributed by atoms with E-state index in [0.29, 0.717) is 24.5 Å². The molecular weight excluding hydrogens is 404 g/mol. The van der Waals surface area contributed by atoms with Crippen LogP contribution in [0.5, 0.6) is 0 Å². The summed E-state index contributed by atoms with van der Waals surface area (Å²) in [4.78, 5) is 23.4. The number of amides is 1. The van der Waals surface area contributed by atoms with Crippen molar-refractivity contribution in [3.63, 3.8) is 0 Å². The third kappa shape index (κ3) is 6.18. The molecule has 2 saturated carbocycles. The summed E-state index contributed by atoms with van der Waals surface area (Å²) in [6.07, 6.45) is 6.83. The highest BCUT2D eigenvalue weighted by Gasteiger charge is 2.45. The third-order valence-electron chi connectivity index (χ3n) is 7.73. The monoisotopic (exact) mass is 444 g/mol. The van der Waals surface area contributed by atoms with Gasteiger partial charge in [0.15, 0.2) is 0 Å². The number of hydrogen-bond donors (Lipinski definition) is 1. The van der Waals surface area contributed by atoms with Gasteiger partial charge >= 0.3 is 0 Å². The smallest absolute Gasteiger partial charge is 0.250 e. The molecule has 1 aromatic carbocycles. The SMILES string of the molecule is C=O.CC[C@@]1(COC)CC2CCC(NC(=O)C3CN(Cc4ccccc4)CCO3)C(C2)C1. The molecule has 1 amide bonds. The fourth-order valence-corrected chi connectivity index (χ4v) is 6.15. The molecule has 1 aliphatic heterocycles. The summed E-state index contributed by atoms with van der Waals surface area (Å²) in [5.41, 5.74) is 1.58. The molecule has 0 aromatic heterocycles. The van der Waals surface area contributed by atoms with Gasteiger partial charge in [-0.3, -0.25) is 9.69 Å². The lowest BCUT2D eigenvalue weighted by Crippen LogP contribution is -2.55. The van der Waals surface area contributed by atoms with E-state index in [4.69, 9.17) is 14.3 Å². The molecule has 32 heavy (non-hydrogen) atoms. The first kappa shape index (κ1) is 24.9. The van der Waals surface area contributed by atoms with E-state index < -0.39 is 0 Å². The Balaban J connectivity index is 0.00000141. The summed E-state index contributed by atoms with van der Waals surface area (Å²) < 4.78 is 11.5. The molecule has 4 rings (SSSR count).